The molecule has 1 heterocycles. The van der Waals surface area contributed by atoms with Gasteiger partial charge in [-0.1, -0.05) is 42.5 Å². The lowest BCUT2D eigenvalue weighted by Crippen LogP contribution is -2.26. The van der Waals surface area contributed by atoms with Gasteiger partial charge < -0.3 is 20.1 Å². The molecule has 7 nitrogen and oxygen atoms in total. The van der Waals surface area contributed by atoms with Gasteiger partial charge in [0.15, 0.2) is 0 Å². The standard InChI is InChI=1S/C26H29N3O4S/c1-18-26(19-7-4-3-5-8-19)23-12-11-22(16-24(23)28-18)33-14-13-27-17-25(30)20-9-6-10-21(15-20)29-34(2,31)32/h3-12,15-16,25,27-30H,13-14,17H2,1-2H3. The van der Waals surface area contributed by atoms with E-state index in [1.165, 1.54) is 11.1 Å². The second-order valence-electron chi connectivity index (χ2n) is 8.27. The number of aryl methyl sites for hydroxylation is 1. The Morgan fingerprint density at radius 3 is 2.59 bits per heavy atom. The van der Waals surface area contributed by atoms with E-state index in [1.807, 2.05) is 30.3 Å². The molecule has 0 aliphatic rings. The summed E-state index contributed by atoms with van der Waals surface area (Å²) in [6, 6.07) is 23.1. The van der Waals surface area contributed by atoms with Crippen LogP contribution in [0.2, 0.25) is 0 Å². The Labute approximate surface area is 199 Å². The second-order valence-corrected chi connectivity index (χ2v) is 10.0. The molecule has 0 saturated heterocycles. The SMILES string of the molecule is Cc1[nH]c2cc(OCCNCC(O)c3cccc(NS(C)(=O)=O)c3)ccc2c1-c1ccccc1. The molecule has 0 aliphatic heterocycles. The molecule has 1 aromatic heterocycles. The van der Waals surface area contributed by atoms with Crippen LogP contribution in [0.25, 0.3) is 22.0 Å². The van der Waals surface area contributed by atoms with Crippen LogP contribution in [0.15, 0.2) is 72.8 Å². The summed E-state index contributed by atoms with van der Waals surface area (Å²) >= 11 is 0. The van der Waals surface area contributed by atoms with Gasteiger partial charge >= 0.3 is 0 Å². The first-order valence-electron chi connectivity index (χ1n) is 11.1. The number of ether oxygens (including phenoxy) is 1. The quantitative estimate of drug-likeness (QED) is 0.255. The van der Waals surface area contributed by atoms with Crippen molar-refractivity contribution in [1.29, 1.82) is 0 Å². The van der Waals surface area contributed by atoms with E-state index in [1.54, 1.807) is 24.3 Å². The third-order valence-corrected chi connectivity index (χ3v) is 6.09. The van der Waals surface area contributed by atoms with Gasteiger partial charge in [0.25, 0.3) is 0 Å². The van der Waals surface area contributed by atoms with Crippen LogP contribution < -0.4 is 14.8 Å². The van der Waals surface area contributed by atoms with Crippen molar-refractivity contribution < 1.29 is 18.3 Å². The lowest BCUT2D eigenvalue weighted by Gasteiger charge is -2.14. The lowest BCUT2D eigenvalue weighted by molar-refractivity contribution is 0.172. The second kappa shape index (κ2) is 10.3. The van der Waals surface area contributed by atoms with E-state index >= 15 is 0 Å². The number of fused-ring (bicyclic) bond motifs is 1. The van der Waals surface area contributed by atoms with E-state index in [0.717, 1.165) is 28.6 Å². The maximum absolute atomic E-state index is 11.4. The number of hydrogen-bond acceptors (Lipinski definition) is 5. The average molecular weight is 480 g/mol. The largest absolute Gasteiger partial charge is 0.492 e. The number of rotatable bonds is 10. The van der Waals surface area contributed by atoms with Gasteiger partial charge in [-0.3, -0.25) is 4.72 Å². The average Bonchev–Trinajstić information content (AvgIpc) is 3.13. The van der Waals surface area contributed by atoms with Gasteiger partial charge in [0.2, 0.25) is 10.0 Å². The molecule has 1 unspecified atom stereocenters. The van der Waals surface area contributed by atoms with Crippen molar-refractivity contribution in [2.75, 3.05) is 30.7 Å². The number of aromatic amines is 1. The topological polar surface area (TPSA) is 103 Å². The van der Waals surface area contributed by atoms with Gasteiger partial charge in [0.1, 0.15) is 12.4 Å². The molecule has 0 amide bonds. The summed E-state index contributed by atoms with van der Waals surface area (Å²) in [6.07, 6.45) is 0.324. The van der Waals surface area contributed by atoms with Crippen LogP contribution in [0, 0.1) is 6.92 Å². The lowest BCUT2D eigenvalue weighted by atomic mass is 10.0. The van der Waals surface area contributed by atoms with Crippen molar-refractivity contribution >= 4 is 26.6 Å². The van der Waals surface area contributed by atoms with E-state index in [0.29, 0.717) is 30.9 Å². The maximum Gasteiger partial charge on any atom is 0.229 e. The number of aliphatic hydroxyl groups excluding tert-OH is 1. The summed E-state index contributed by atoms with van der Waals surface area (Å²) in [7, 11) is -3.37. The molecule has 0 aliphatic carbocycles. The number of nitrogens with one attached hydrogen (secondary N) is 3. The molecule has 0 fully saturated rings. The Morgan fingerprint density at radius 2 is 1.82 bits per heavy atom. The molecule has 0 spiro atoms. The van der Waals surface area contributed by atoms with Crippen molar-refractivity contribution in [3.8, 4) is 16.9 Å². The van der Waals surface area contributed by atoms with Crippen LogP contribution in [-0.4, -0.2) is 44.5 Å². The van der Waals surface area contributed by atoms with Crippen LogP contribution >= 0.6 is 0 Å². The van der Waals surface area contributed by atoms with Crippen LogP contribution in [0.4, 0.5) is 5.69 Å². The van der Waals surface area contributed by atoms with Gasteiger partial charge in [-0.25, -0.2) is 8.42 Å². The third-order valence-electron chi connectivity index (χ3n) is 5.48. The fraction of sp³-hybridized carbons (Fsp3) is 0.231. The number of hydrogen-bond donors (Lipinski definition) is 4. The number of anilines is 1. The smallest absolute Gasteiger partial charge is 0.229 e. The highest BCUT2D eigenvalue weighted by Gasteiger charge is 2.12. The highest BCUT2D eigenvalue weighted by molar-refractivity contribution is 7.92. The molecule has 4 aromatic rings. The highest BCUT2D eigenvalue weighted by atomic mass is 32.2. The Kier molecular flexibility index (Phi) is 7.21. The van der Waals surface area contributed by atoms with Crippen LogP contribution in [0.1, 0.15) is 17.4 Å². The van der Waals surface area contributed by atoms with Crippen molar-refractivity contribution in [2.24, 2.45) is 0 Å². The zero-order chi connectivity index (χ0) is 24.1. The van der Waals surface area contributed by atoms with Gasteiger partial charge in [-0.05, 0) is 42.3 Å². The van der Waals surface area contributed by atoms with Gasteiger partial charge in [0.05, 0.1) is 12.4 Å². The number of sulfonamides is 1. The minimum absolute atomic E-state index is 0.320. The van der Waals surface area contributed by atoms with Crippen molar-refractivity contribution in [3.05, 3.63) is 84.1 Å². The Hall–Kier alpha value is -3.33. The Balaban J connectivity index is 1.29. The first-order valence-corrected chi connectivity index (χ1v) is 13.0. The molecule has 0 bridgehead atoms. The molecule has 178 valence electrons. The summed E-state index contributed by atoms with van der Waals surface area (Å²) in [4.78, 5) is 3.45. The molecule has 8 heteroatoms. The summed E-state index contributed by atoms with van der Waals surface area (Å²) in [6.45, 7) is 3.39. The minimum atomic E-state index is -3.37. The molecule has 1 atom stereocenters. The van der Waals surface area contributed by atoms with Gasteiger partial charge in [-0.15, -0.1) is 0 Å². The predicted octanol–water partition coefficient (Wildman–Crippen LogP) is 4.22. The van der Waals surface area contributed by atoms with Crippen molar-refractivity contribution in [3.63, 3.8) is 0 Å². The van der Waals surface area contributed by atoms with E-state index in [9.17, 15) is 13.5 Å². The first-order chi connectivity index (χ1) is 16.3. The summed E-state index contributed by atoms with van der Waals surface area (Å²) in [5, 5.41) is 14.7. The molecule has 0 radical (unpaired) electrons. The zero-order valence-electron chi connectivity index (χ0n) is 19.2. The molecular formula is C26H29N3O4S. The number of benzene rings is 3. The van der Waals surface area contributed by atoms with E-state index < -0.39 is 16.1 Å². The molecule has 0 saturated carbocycles. The molecule has 3 aromatic carbocycles. The normalized spacial score (nSPS) is 12.6. The van der Waals surface area contributed by atoms with Gasteiger partial charge in [-0.2, -0.15) is 0 Å². The minimum Gasteiger partial charge on any atom is -0.492 e. The fourth-order valence-corrected chi connectivity index (χ4v) is 4.55. The number of aromatic nitrogens is 1. The maximum atomic E-state index is 11.4. The van der Waals surface area contributed by atoms with E-state index in [2.05, 4.69) is 40.1 Å². The zero-order valence-corrected chi connectivity index (χ0v) is 20.0. The van der Waals surface area contributed by atoms with Crippen molar-refractivity contribution in [1.82, 2.24) is 10.3 Å². The predicted molar refractivity (Wildman–Crippen MR) is 137 cm³/mol. The van der Waals surface area contributed by atoms with Crippen LogP contribution in [0.3, 0.4) is 0 Å². The molecule has 34 heavy (non-hydrogen) atoms. The summed E-state index contributed by atoms with van der Waals surface area (Å²) in [5.74, 6) is 0.773. The monoisotopic (exact) mass is 479 g/mol. The van der Waals surface area contributed by atoms with E-state index in [4.69, 9.17) is 4.74 Å². The first kappa shape index (κ1) is 23.8. The van der Waals surface area contributed by atoms with Crippen LogP contribution in [0.5, 0.6) is 5.75 Å². The number of aliphatic hydroxyl groups is 1. The Bertz CT molecular complexity index is 1370. The molecule has 4 rings (SSSR count). The fourth-order valence-electron chi connectivity index (χ4n) is 4.00. The summed E-state index contributed by atoms with van der Waals surface area (Å²) < 4.78 is 31.1. The summed E-state index contributed by atoms with van der Waals surface area (Å²) in [5.41, 5.74) is 5.58. The number of H-pyrrole nitrogens is 1. The third kappa shape index (κ3) is 5.96. The highest BCUT2D eigenvalue weighted by Crippen LogP contribution is 2.33. The van der Waals surface area contributed by atoms with E-state index in [-0.39, 0.29) is 0 Å². The molecule has 4 N–H and O–H groups in total. The van der Waals surface area contributed by atoms with Crippen molar-refractivity contribution in [2.45, 2.75) is 13.0 Å². The van der Waals surface area contributed by atoms with Crippen LogP contribution in [-0.2, 0) is 10.0 Å². The molecular weight excluding hydrogens is 450 g/mol. The Morgan fingerprint density at radius 1 is 1.03 bits per heavy atom. The van der Waals surface area contributed by atoms with Gasteiger partial charge in [0, 0.05) is 47.0 Å².